The predicted molar refractivity (Wildman–Crippen MR) is 98.1 cm³/mol. The predicted octanol–water partition coefficient (Wildman–Crippen LogP) is 4.27. The second-order valence-electron chi connectivity index (χ2n) is 5.63. The van der Waals surface area contributed by atoms with Gasteiger partial charge in [-0.3, -0.25) is 4.98 Å². The first-order valence-corrected chi connectivity index (χ1v) is 10.2. The normalized spacial score (nSPS) is 18.9. The van der Waals surface area contributed by atoms with Crippen molar-refractivity contribution in [3.8, 4) is 5.75 Å². The molecule has 1 fully saturated rings. The summed E-state index contributed by atoms with van der Waals surface area (Å²) in [4.78, 5) is 3.91. The Balaban J connectivity index is 1.81. The van der Waals surface area contributed by atoms with E-state index in [-0.39, 0.29) is 22.6 Å². The minimum absolute atomic E-state index is 0.00394. The average Bonchev–Trinajstić information content (AvgIpc) is 2.59. The quantitative estimate of drug-likeness (QED) is 0.739. The standard InChI is InChI=1S/C16H15Cl3N2O3S/c17-11-3-4-13(18)16(8-11)25(22,23)21-7-1-2-12(10-21)24-15-5-6-20-9-14(15)19/h3-6,8-9,12H,1-2,7,10H2. The fourth-order valence-electron chi connectivity index (χ4n) is 2.67. The molecule has 5 nitrogen and oxygen atoms in total. The van der Waals surface area contributed by atoms with Crippen LogP contribution in [0.1, 0.15) is 12.8 Å². The van der Waals surface area contributed by atoms with Gasteiger partial charge in [0, 0.05) is 30.0 Å². The van der Waals surface area contributed by atoms with Gasteiger partial charge in [0.05, 0.1) is 11.6 Å². The third kappa shape index (κ3) is 4.20. The fraction of sp³-hybridized carbons (Fsp3) is 0.312. The average molecular weight is 422 g/mol. The summed E-state index contributed by atoms with van der Waals surface area (Å²) in [5, 5.41) is 0.848. The number of sulfonamides is 1. The van der Waals surface area contributed by atoms with Gasteiger partial charge in [0.15, 0.2) is 0 Å². The molecule has 1 aromatic heterocycles. The van der Waals surface area contributed by atoms with Crippen molar-refractivity contribution < 1.29 is 13.2 Å². The summed E-state index contributed by atoms with van der Waals surface area (Å²) < 4.78 is 33.1. The van der Waals surface area contributed by atoms with Crippen LogP contribution < -0.4 is 4.74 Å². The molecule has 0 bridgehead atoms. The first kappa shape index (κ1) is 18.7. The van der Waals surface area contributed by atoms with Crippen LogP contribution in [0.3, 0.4) is 0 Å². The van der Waals surface area contributed by atoms with E-state index in [0.29, 0.717) is 28.8 Å². The van der Waals surface area contributed by atoms with Gasteiger partial charge in [0.2, 0.25) is 10.0 Å². The molecule has 134 valence electrons. The molecule has 9 heteroatoms. The molecule has 1 aliphatic heterocycles. The molecule has 1 aliphatic rings. The molecule has 1 atom stereocenters. The molecular weight excluding hydrogens is 407 g/mol. The van der Waals surface area contributed by atoms with E-state index in [1.165, 1.54) is 22.6 Å². The maximum Gasteiger partial charge on any atom is 0.244 e. The number of ether oxygens (including phenoxy) is 1. The van der Waals surface area contributed by atoms with Crippen molar-refractivity contribution in [1.82, 2.24) is 9.29 Å². The lowest BCUT2D eigenvalue weighted by atomic mass is 10.1. The summed E-state index contributed by atoms with van der Waals surface area (Å²) in [6, 6.07) is 6.05. The first-order valence-electron chi connectivity index (χ1n) is 7.59. The molecule has 2 aromatic rings. The smallest absolute Gasteiger partial charge is 0.244 e. The summed E-state index contributed by atoms with van der Waals surface area (Å²) in [5.74, 6) is 0.488. The van der Waals surface area contributed by atoms with Crippen LogP contribution in [0.4, 0.5) is 0 Å². The molecular formula is C16H15Cl3N2O3S. The maximum absolute atomic E-state index is 12.9. The zero-order valence-electron chi connectivity index (χ0n) is 13.0. The van der Waals surface area contributed by atoms with Crippen molar-refractivity contribution in [2.75, 3.05) is 13.1 Å². The molecule has 0 aliphatic carbocycles. The lowest BCUT2D eigenvalue weighted by Gasteiger charge is -2.32. The molecule has 1 unspecified atom stereocenters. The van der Waals surface area contributed by atoms with Crippen LogP contribution in [0.5, 0.6) is 5.75 Å². The number of halogens is 3. The Kier molecular flexibility index (Phi) is 5.75. The first-order chi connectivity index (χ1) is 11.9. The number of nitrogens with zero attached hydrogens (tertiary/aromatic N) is 2. The van der Waals surface area contributed by atoms with Gasteiger partial charge in [-0.2, -0.15) is 4.31 Å². The molecule has 1 aromatic carbocycles. The van der Waals surface area contributed by atoms with Crippen LogP contribution in [-0.4, -0.2) is 36.9 Å². The Morgan fingerprint density at radius 3 is 2.72 bits per heavy atom. The van der Waals surface area contributed by atoms with Crippen molar-refractivity contribution >= 4 is 44.8 Å². The zero-order chi connectivity index (χ0) is 18.0. The largest absolute Gasteiger partial charge is 0.487 e. The molecule has 1 saturated heterocycles. The van der Waals surface area contributed by atoms with Crippen LogP contribution >= 0.6 is 34.8 Å². The van der Waals surface area contributed by atoms with Gasteiger partial charge in [-0.15, -0.1) is 0 Å². The van der Waals surface area contributed by atoms with E-state index in [0.717, 1.165) is 6.42 Å². The van der Waals surface area contributed by atoms with Crippen LogP contribution in [-0.2, 0) is 10.0 Å². The number of aromatic nitrogens is 1. The van der Waals surface area contributed by atoms with Crippen LogP contribution in [0.2, 0.25) is 15.1 Å². The lowest BCUT2D eigenvalue weighted by molar-refractivity contribution is 0.130. The minimum atomic E-state index is -3.76. The second kappa shape index (κ2) is 7.68. The molecule has 0 saturated carbocycles. The summed E-state index contributed by atoms with van der Waals surface area (Å²) in [6.07, 6.45) is 4.16. The number of hydrogen-bond acceptors (Lipinski definition) is 4. The summed E-state index contributed by atoms with van der Waals surface area (Å²) in [7, 11) is -3.76. The number of hydrogen-bond donors (Lipinski definition) is 0. The van der Waals surface area contributed by atoms with E-state index in [1.807, 2.05) is 0 Å². The molecule has 25 heavy (non-hydrogen) atoms. The van der Waals surface area contributed by atoms with E-state index in [9.17, 15) is 8.42 Å². The van der Waals surface area contributed by atoms with Crippen LogP contribution in [0, 0.1) is 0 Å². The Bertz CT molecular complexity index is 877. The number of pyridine rings is 1. The topological polar surface area (TPSA) is 59.5 Å². The summed E-state index contributed by atoms with van der Waals surface area (Å²) >= 11 is 18.0. The third-order valence-corrected chi connectivity index (χ3v) is 6.75. The Morgan fingerprint density at radius 1 is 1.16 bits per heavy atom. The molecule has 2 heterocycles. The van der Waals surface area contributed by atoms with Gasteiger partial charge < -0.3 is 4.74 Å². The van der Waals surface area contributed by atoms with Crippen molar-refractivity contribution in [3.63, 3.8) is 0 Å². The number of piperidine rings is 1. The molecule has 0 N–H and O–H groups in total. The SMILES string of the molecule is O=S(=O)(c1cc(Cl)ccc1Cl)N1CCCC(Oc2ccncc2Cl)C1. The van der Waals surface area contributed by atoms with Gasteiger partial charge >= 0.3 is 0 Å². The van der Waals surface area contributed by atoms with Crippen LogP contribution in [0.15, 0.2) is 41.6 Å². The monoisotopic (exact) mass is 420 g/mol. The Hall–Kier alpha value is -1.05. The van der Waals surface area contributed by atoms with Gasteiger partial charge in [-0.25, -0.2) is 8.42 Å². The minimum Gasteiger partial charge on any atom is -0.487 e. The highest BCUT2D eigenvalue weighted by atomic mass is 35.5. The van der Waals surface area contributed by atoms with Crippen molar-refractivity contribution in [3.05, 3.63) is 51.7 Å². The van der Waals surface area contributed by atoms with Crippen molar-refractivity contribution in [2.24, 2.45) is 0 Å². The Morgan fingerprint density at radius 2 is 1.96 bits per heavy atom. The highest BCUT2D eigenvalue weighted by Gasteiger charge is 2.32. The number of rotatable bonds is 4. The van der Waals surface area contributed by atoms with E-state index in [2.05, 4.69) is 4.98 Å². The van der Waals surface area contributed by atoms with Gasteiger partial charge in [0.25, 0.3) is 0 Å². The van der Waals surface area contributed by atoms with Crippen molar-refractivity contribution in [1.29, 1.82) is 0 Å². The maximum atomic E-state index is 12.9. The van der Waals surface area contributed by atoms with Crippen molar-refractivity contribution in [2.45, 2.75) is 23.8 Å². The van der Waals surface area contributed by atoms with Gasteiger partial charge in [-0.05, 0) is 31.0 Å². The zero-order valence-corrected chi connectivity index (χ0v) is 16.1. The molecule has 0 amide bonds. The third-order valence-electron chi connectivity index (χ3n) is 3.88. The number of benzene rings is 1. The van der Waals surface area contributed by atoms with E-state index >= 15 is 0 Å². The van der Waals surface area contributed by atoms with Gasteiger partial charge in [-0.1, -0.05) is 34.8 Å². The van der Waals surface area contributed by atoms with E-state index < -0.39 is 10.0 Å². The van der Waals surface area contributed by atoms with Gasteiger partial charge in [0.1, 0.15) is 21.8 Å². The highest BCUT2D eigenvalue weighted by Crippen LogP contribution is 2.31. The molecule has 0 radical (unpaired) electrons. The van der Waals surface area contributed by atoms with Crippen LogP contribution in [0.25, 0.3) is 0 Å². The fourth-order valence-corrected chi connectivity index (χ4v) is 5.08. The highest BCUT2D eigenvalue weighted by molar-refractivity contribution is 7.89. The molecule has 0 spiro atoms. The Labute approximate surface area is 161 Å². The second-order valence-corrected chi connectivity index (χ2v) is 8.78. The summed E-state index contributed by atoms with van der Waals surface area (Å²) in [6.45, 7) is 0.610. The summed E-state index contributed by atoms with van der Waals surface area (Å²) in [5.41, 5.74) is 0. The molecule has 3 rings (SSSR count). The lowest BCUT2D eigenvalue weighted by Crippen LogP contribution is -2.44. The van der Waals surface area contributed by atoms with E-state index in [4.69, 9.17) is 39.5 Å². The van der Waals surface area contributed by atoms with E-state index in [1.54, 1.807) is 18.3 Å².